The van der Waals surface area contributed by atoms with Crippen LogP contribution >= 0.6 is 11.3 Å². The van der Waals surface area contributed by atoms with Gasteiger partial charge in [-0.3, -0.25) is 0 Å². The maximum absolute atomic E-state index is 5.08. The van der Waals surface area contributed by atoms with E-state index >= 15 is 0 Å². The number of hydrogen-bond donors (Lipinski definition) is 1. The smallest absolute Gasteiger partial charge is 0.183 e. The fourth-order valence-corrected chi connectivity index (χ4v) is 1.47. The molecule has 0 unspecified atom stereocenters. The molecule has 1 heterocycles. The van der Waals surface area contributed by atoms with Gasteiger partial charge in [-0.05, 0) is 6.42 Å². The van der Waals surface area contributed by atoms with Gasteiger partial charge in [0, 0.05) is 5.38 Å². The molecule has 1 aromatic heterocycles. The first-order chi connectivity index (χ1) is 5.36. The summed E-state index contributed by atoms with van der Waals surface area (Å²) in [6.45, 7) is 2.64. The van der Waals surface area contributed by atoms with Gasteiger partial charge in [0.1, 0.15) is 0 Å². The maximum Gasteiger partial charge on any atom is 0.183 e. The zero-order valence-corrected chi connectivity index (χ0v) is 7.24. The van der Waals surface area contributed by atoms with Crippen LogP contribution in [0.3, 0.4) is 0 Å². The highest BCUT2D eigenvalue weighted by Gasteiger charge is 1.96. The number of nitrogens with one attached hydrogen (secondary N) is 1. The topological polar surface area (TPSA) is 24.9 Å². The third-order valence-corrected chi connectivity index (χ3v) is 2.10. The molecule has 1 aromatic rings. The van der Waals surface area contributed by atoms with Crippen molar-refractivity contribution in [2.75, 3.05) is 11.9 Å². The summed E-state index contributed by atoms with van der Waals surface area (Å²) in [5.74, 6) is 2.50. The van der Waals surface area contributed by atoms with E-state index in [2.05, 4.69) is 23.1 Å². The first kappa shape index (κ1) is 8.09. The molecule has 0 saturated heterocycles. The summed E-state index contributed by atoms with van der Waals surface area (Å²) < 4.78 is 0. The Kier molecular flexibility index (Phi) is 2.94. The second-order valence-electron chi connectivity index (χ2n) is 2.06. The molecule has 0 aromatic carbocycles. The Morgan fingerprint density at radius 3 is 3.18 bits per heavy atom. The molecule has 2 nitrogen and oxygen atoms in total. The molecular formula is C8H10N2S. The maximum atomic E-state index is 5.08. The van der Waals surface area contributed by atoms with Crippen molar-refractivity contribution in [3.05, 3.63) is 11.1 Å². The van der Waals surface area contributed by atoms with Gasteiger partial charge in [-0.2, -0.15) is 0 Å². The second-order valence-corrected chi connectivity index (χ2v) is 2.91. The standard InChI is InChI=1S/C8H10N2S/c1-3-5-9-8-10-7(4-2)6-11-8/h1,6H,4-5H2,2H3,(H,9,10). The van der Waals surface area contributed by atoms with Gasteiger partial charge in [-0.15, -0.1) is 17.8 Å². The van der Waals surface area contributed by atoms with E-state index in [1.807, 2.05) is 5.38 Å². The summed E-state index contributed by atoms with van der Waals surface area (Å²) in [6, 6.07) is 0. The van der Waals surface area contributed by atoms with Crippen molar-refractivity contribution in [2.45, 2.75) is 13.3 Å². The highest BCUT2D eigenvalue weighted by atomic mass is 32.1. The van der Waals surface area contributed by atoms with Gasteiger partial charge in [-0.1, -0.05) is 12.8 Å². The van der Waals surface area contributed by atoms with Gasteiger partial charge < -0.3 is 5.32 Å². The van der Waals surface area contributed by atoms with Gasteiger partial charge in [0.2, 0.25) is 0 Å². The average Bonchev–Trinajstić information content (AvgIpc) is 2.48. The molecule has 0 aliphatic heterocycles. The molecule has 0 bridgehead atoms. The van der Waals surface area contributed by atoms with Crippen molar-refractivity contribution in [1.82, 2.24) is 4.98 Å². The van der Waals surface area contributed by atoms with Crippen molar-refractivity contribution in [1.29, 1.82) is 0 Å². The van der Waals surface area contributed by atoms with E-state index in [9.17, 15) is 0 Å². The first-order valence-corrected chi connectivity index (χ1v) is 4.36. The lowest BCUT2D eigenvalue weighted by molar-refractivity contribution is 1.06. The number of rotatable bonds is 3. The highest BCUT2D eigenvalue weighted by Crippen LogP contribution is 2.14. The fraction of sp³-hybridized carbons (Fsp3) is 0.375. The summed E-state index contributed by atoms with van der Waals surface area (Å²) in [4.78, 5) is 4.28. The number of terminal acetylenes is 1. The zero-order chi connectivity index (χ0) is 8.10. The van der Waals surface area contributed by atoms with E-state index in [1.165, 1.54) is 0 Å². The Bertz CT molecular complexity index is 259. The molecule has 11 heavy (non-hydrogen) atoms. The largest absolute Gasteiger partial charge is 0.351 e. The Balaban J connectivity index is 2.53. The van der Waals surface area contributed by atoms with E-state index < -0.39 is 0 Å². The summed E-state index contributed by atoms with van der Waals surface area (Å²) in [5.41, 5.74) is 1.12. The predicted octanol–water partition coefficient (Wildman–Crippen LogP) is 1.75. The van der Waals surface area contributed by atoms with Crippen LogP contribution in [0.1, 0.15) is 12.6 Å². The minimum atomic E-state index is 0.552. The molecule has 0 fully saturated rings. The zero-order valence-electron chi connectivity index (χ0n) is 6.42. The molecule has 0 spiro atoms. The van der Waals surface area contributed by atoms with Crippen LogP contribution in [0.5, 0.6) is 0 Å². The van der Waals surface area contributed by atoms with Gasteiger partial charge in [0.15, 0.2) is 5.13 Å². The van der Waals surface area contributed by atoms with E-state index in [1.54, 1.807) is 11.3 Å². The lowest BCUT2D eigenvalue weighted by atomic mass is 10.4. The lowest BCUT2D eigenvalue weighted by Crippen LogP contribution is -1.97. The lowest BCUT2D eigenvalue weighted by Gasteiger charge is -1.92. The number of nitrogens with zero attached hydrogens (tertiary/aromatic N) is 1. The Morgan fingerprint density at radius 1 is 1.82 bits per heavy atom. The van der Waals surface area contributed by atoms with Crippen molar-refractivity contribution in [3.8, 4) is 12.3 Å². The number of thiazole rings is 1. The third-order valence-electron chi connectivity index (χ3n) is 1.26. The number of anilines is 1. The van der Waals surface area contributed by atoms with Gasteiger partial charge in [0.05, 0.1) is 12.2 Å². The normalized spacial score (nSPS) is 9.09. The van der Waals surface area contributed by atoms with E-state index in [4.69, 9.17) is 6.42 Å². The monoisotopic (exact) mass is 166 g/mol. The molecule has 0 radical (unpaired) electrons. The van der Waals surface area contributed by atoms with Crippen LogP contribution in [0.2, 0.25) is 0 Å². The molecule has 0 aliphatic carbocycles. The molecule has 1 N–H and O–H groups in total. The molecular weight excluding hydrogens is 156 g/mol. The van der Waals surface area contributed by atoms with Crippen molar-refractivity contribution in [2.24, 2.45) is 0 Å². The molecule has 1 rings (SSSR count). The quantitative estimate of drug-likeness (QED) is 0.692. The highest BCUT2D eigenvalue weighted by molar-refractivity contribution is 7.13. The molecule has 0 atom stereocenters. The molecule has 0 saturated carbocycles. The van der Waals surface area contributed by atoms with Crippen LogP contribution in [-0.4, -0.2) is 11.5 Å². The van der Waals surface area contributed by atoms with Crippen LogP contribution in [0, 0.1) is 12.3 Å². The van der Waals surface area contributed by atoms with Gasteiger partial charge >= 0.3 is 0 Å². The molecule has 0 aliphatic rings. The summed E-state index contributed by atoms with van der Waals surface area (Å²) >= 11 is 1.60. The number of hydrogen-bond acceptors (Lipinski definition) is 3. The summed E-state index contributed by atoms with van der Waals surface area (Å²) in [7, 11) is 0. The van der Waals surface area contributed by atoms with Gasteiger partial charge in [-0.25, -0.2) is 4.98 Å². The summed E-state index contributed by atoms with van der Waals surface area (Å²) in [5, 5.41) is 5.98. The first-order valence-electron chi connectivity index (χ1n) is 3.48. The molecule has 58 valence electrons. The summed E-state index contributed by atoms with van der Waals surface area (Å²) in [6.07, 6.45) is 6.06. The van der Waals surface area contributed by atoms with E-state index in [-0.39, 0.29) is 0 Å². The molecule has 3 heteroatoms. The molecule has 0 amide bonds. The van der Waals surface area contributed by atoms with Gasteiger partial charge in [0.25, 0.3) is 0 Å². The third kappa shape index (κ3) is 2.24. The van der Waals surface area contributed by atoms with Crippen molar-refractivity contribution < 1.29 is 0 Å². The van der Waals surface area contributed by atoms with Crippen LogP contribution in [0.4, 0.5) is 5.13 Å². The number of aryl methyl sites for hydroxylation is 1. The SMILES string of the molecule is C#CCNc1nc(CC)cs1. The Labute approximate surface area is 70.7 Å². The predicted molar refractivity (Wildman–Crippen MR) is 48.8 cm³/mol. The van der Waals surface area contributed by atoms with E-state index in [0.29, 0.717) is 6.54 Å². The Morgan fingerprint density at radius 2 is 2.64 bits per heavy atom. The number of aromatic nitrogens is 1. The Hall–Kier alpha value is -1.01. The van der Waals surface area contributed by atoms with E-state index in [0.717, 1.165) is 17.2 Å². The van der Waals surface area contributed by atoms with Crippen LogP contribution < -0.4 is 5.32 Å². The second kappa shape index (κ2) is 3.99. The van der Waals surface area contributed by atoms with Crippen LogP contribution in [0.15, 0.2) is 5.38 Å². The van der Waals surface area contributed by atoms with Crippen molar-refractivity contribution in [3.63, 3.8) is 0 Å². The minimum absolute atomic E-state index is 0.552. The van der Waals surface area contributed by atoms with Crippen molar-refractivity contribution >= 4 is 16.5 Å². The van der Waals surface area contributed by atoms with Crippen LogP contribution in [0.25, 0.3) is 0 Å². The van der Waals surface area contributed by atoms with Crippen LogP contribution in [-0.2, 0) is 6.42 Å². The minimum Gasteiger partial charge on any atom is -0.351 e. The fourth-order valence-electron chi connectivity index (χ4n) is 0.677. The average molecular weight is 166 g/mol.